The van der Waals surface area contributed by atoms with E-state index < -0.39 is 0 Å². The summed E-state index contributed by atoms with van der Waals surface area (Å²) < 4.78 is 7.22. The standard InChI is InChI=1S/C21H23N3O3S2/c1-24(2)16-11-9-15(10-12-16)22-19(25)14-27-20(26)8-5-13-28-21-23-17-6-3-4-7-18(17)29-21/h3-4,6-7,9-12H,5,8,13-14H2,1-2H3,(H,22,25). The van der Waals surface area contributed by atoms with Gasteiger partial charge >= 0.3 is 5.97 Å². The van der Waals surface area contributed by atoms with Crippen LogP contribution in [0.15, 0.2) is 52.9 Å². The highest BCUT2D eigenvalue weighted by atomic mass is 32.2. The first-order chi connectivity index (χ1) is 14.0. The van der Waals surface area contributed by atoms with E-state index >= 15 is 0 Å². The number of hydrogen-bond donors (Lipinski definition) is 1. The Morgan fingerprint density at radius 2 is 1.90 bits per heavy atom. The van der Waals surface area contributed by atoms with Crippen molar-refractivity contribution in [3.63, 3.8) is 0 Å². The van der Waals surface area contributed by atoms with Crippen molar-refractivity contribution in [3.05, 3.63) is 48.5 Å². The quantitative estimate of drug-likeness (QED) is 0.308. The van der Waals surface area contributed by atoms with Crippen LogP contribution in [-0.2, 0) is 14.3 Å². The van der Waals surface area contributed by atoms with Crippen LogP contribution in [0.3, 0.4) is 0 Å². The van der Waals surface area contributed by atoms with E-state index in [0.717, 1.165) is 26.0 Å². The zero-order valence-corrected chi connectivity index (χ0v) is 18.0. The zero-order chi connectivity index (χ0) is 20.6. The summed E-state index contributed by atoms with van der Waals surface area (Å²) in [5.74, 6) is 0.0621. The molecule has 0 bridgehead atoms. The second-order valence-corrected chi connectivity index (χ2v) is 8.92. The molecular weight excluding hydrogens is 406 g/mol. The first kappa shape index (κ1) is 21.1. The molecule has 0 unspecified atom stereocenters. The number of ether oxygens (including phenoxy) is 1. The van der Waals surface area contributed by atoms with Gasteiger partial charge in [-0.05, 0) is 42.8 Å². The zero-order valence-electron chi connectivity index (χ0n) is 16.4. The molecule has 1 heterocycles. The molecule has 1 amide bonds. The summed E-state index contributed by atoms with van der Waals surface area (Å²) in [4.78, 5) is 30.3. The number of rotatable bonds is 9. The molecule has 0 saturated heterocycles. The molecule has 0 saturated carbocycles. The van der Waals surface area contributed by atoms with Crippen LogP contribution in [0.5, 0.6) is 0 Å². The summed E-state index contributed by atoms with van der Waals surface area (Å²) in [6.07, 6.45) is 0.954. The highest BCUT2D eigenvalue weighted by Gasteiger charge is 2.09. The fraction of sp³-hybridized carbons (Fsp3) is 0.286. The van der Waals surface area contributed by atoms with Gasteiger partial charge in [0.15, 0.2) is 10.9 Å². The molecule has 0 fully saturated rings. The Morgan fingerprint density at radius 3 is 2.62 bits per heavy atom. The van der Waals surface area contributed by atoms with Gasteiger partial charge in [0.2, 0.25) is 0 Å². The van der Waals surface area contributed by atoms with Crippen molar-refractivity contribution in [2.75, 3.05) is 36.7 Å². The smallest absolute Gasteiger partial charge is 0.306 e. The molecule has 3 aromatic rings. The van der Waals surface area contributed by atoms with Crippen molar-refractivity contribution >= 4 is 56.6 Å². The summed E-state index contributed by atoms with van der Waals surface area (Å²) in [5.41, 5.74) is 2.71. The molecular formula is C21H23N3O3S2. The van der Waals surface area contributed by atoms with Gasteiger partial charge in [-0.2, -0.15) is 0 Å². The topological polar surface area (TPSA) is 71.5 Å². The number of aromatic nitrogens is 1. The number of esters is 1. The molecule has 0 atom stereocenters. The number of carbonyl (C=O) groups is 2. The van der Waals surface area contributed by atoms with Crippen LogP contribution >= 0.6 is 23.1 Å². The van der Waals surface area contributed by atoms with Crippen LogP contribution in [0.2, 0.25) is 0 Å². The Labute approximate surface area is 178 Å². The van der Waals surface area contributed by atoms with Gasteiger partial charge in [-0.25, -0.2) is 4.98 Å². The Hall–Kier alpha value is -2.58. The number of carbonyl (C=O) groups excluding carboxylic acids is 2. The predicted molar refractivity (Wildman–Crippen MR) is 120 cm³/mol. The van der Waals surface area contributed by atoms with E-state index in [1.54, 1.807) is 23.1 Å². The van der Waals surface area contributed by atoms with E-state index in [0.29, 0.717) is 12.1 Å². The molecule has 0 radical (unpaired) electrons. The van der Waals surface area contributed by atoms with Crippen LogP contribution in [-0.4, -0.2) is 43.3 Å². The molecule has 0 aliphatic carbocycles. The molecule has 0 aliphatic heterocycles. The van der Waals surface area contributed by atoms with Gasteiger partial charge in [-0.15, -0.1) is 11.3 Å². The van der Waals surface area contributed by atoms with Crippen molar-refractivity contribution in [1.29, 1.82) is 0 Å². The highest BCUT2D eigenvalue weighted by Crippen LogP contribution is 2.29. The molecule has 3 rings (SSSR count). The molecule has 29 heavy (non-hydrogen) atoms. The molecule has 152 valence electrons. The van der Waals surface area contributed by atoms with E-state index in [4.69, 9.17) is 4.74 Å². The maximum Gasteiger partial charge on any atom is 0.306 e. The molecule has 0 aliphatic rings. The fourth-order valence-electron chi connectivity index (χ4n) is 2.55. The number of thiazole rings is 1. The van der Waals surface area contributed by atoms with Crippen molar-refractivity contribution in [3.8, 4) is 0 Å². The lowest BCUT2D eigenvalue weighted by atomic mass is 10.2. The van der Waals surface area contributed by atoms with Crippen LogP contribution in [0, 0.1) is 0 Å². The second kappa shape index (κ2) is 10.3. The minimum atomic E-state index is -0.368. The molecule has 0 spiro atoms. The third-order valence-electron chi connectivity index (χ3n) is 4.06. The summed E-state index contributed by atoms with van der Waals surface area (Å²) in [5, 5.41) is 2.72. The monoisotopic (exact) mass is 429 g/mol. The number of benzene rings is 2. The minimum absolute atomic E-state index is 0.278. The number of thioether (sulfide) groups is 1. The van der Waals surface area contributed by atoms with E-state index in [-0.39, 0.29) is 24.9 Å². The summed E-state index contributed by atoms with van der Waals surface area (Å²) in [6, 6.07) is 15.5. The first-order valence-electron chi connectivity index (χ1n) is 9.22. The van der Waals surface area contributed by atoms with Gasteiger partial charge < -0.3 is 15.0 Å². The molecule has 8 heteroatoms. The maximum absolute atomic E-state index is 11.9. The average Bonchev–Trinajstić information content (AvgIpc) is 3.13. The molecule has 1 aromatic heterocycles. The van der Waals surface area contributed by atoms with Crippen LogP contribution in [0.25, 0.3) is 10.2 Å². The third kappa shape index (κ3) is 6.47. The van der Waals surface area contributed by atoms with Gasteiger partial charge in [0.25, 0.3) is 5.91 Å². The lowest BCUT2D eigenvalue weighted by Crippen LogP contribution is -2.20. The SMILES string of the molecule is CN(C)c1ccc(NC(=O)COC(=O)CCCSc2nc3ccccc3s2)cc1. The van der Waals surface area contributed by atoms with Crippen molar-refractivity contribution in [1.82, 2.24) is 4.98 Å². The van der Waals surface area contributed by atoms with Crippen LogP contribution in [0.4, 0.5) is 11.4 Å². The van der Waals surface area contributed by atoms with Gasteiger partial charge in [0.1, 0.15) is 0 Å². The normalized spacial score (nSPS) is 10.7. The summed E-state index contributed by atoms with van der Waals surface area (Å²) in [7, 11) is 3.90. The Morgan fingerprint density at radius 1 is 1.14 bits per heavy atom. The van der Waals surface area contributed by atoms with E-state index in [9.17, 15) is 9.59 Å². The average molecular weight is 430 g/mol. The van der Waals surface area contributed by atoms with E-state index in [1.807, 2.05) is 61.5 Å². The predicted octanol–water partition coefficient (Wildman–Crippen LogP) is 4.42. The van der Waals surface area contributed by atoms with Gasteiger partial charge in [-0.3, -0.25) is 9.59 Å². The summed E-state index contributed by atoms with van der Waals surface area (Å²) >= 11 is 3.29. The first-order valence-corrected chi connectivity index (χ1v) is 11.0. The number of nitrogens with one attached hydrogen (secondary N) is 1. The van der Waals surface area contributed by atoms with E-state index in [2.05, 4.69) is 16.4 Å². The van der Waals surface area contributed by atoms with Crippen molar-refractivity contribution < 1.29 is 14.3 Å². The second-order valence-electron chi connectivity index (χ2n) is 6.55. The van der Waals surface area contributed by atoms with Gasteiger partial charge in [0.05, 0.1) is 10.2 Å². The number of para-hydroxylation sites is 1. The third-order valence-corrected chi connectivity index (χ3v) is 6.32. The molecule has 1 N–H and O–H groups in total. The van der Waals surface area contributed by atoms with E-state index in [1.165, 1.54) is 0 Å². The minimum Gasteiger partial charge on any atom is -0.456 e. The highest BCUT2D eigenvalue weighted by molar-refractivity contribution is 8.01. The number of fused-ring (bicyclic) bond motifs is 1. The number of amides is 1. The lowest BCUT2D eigenvalue weighted by Gasteiger charge is -2.13. The molecule has 6 nitrogen and oxygen atoms in total. The molecule has 2 aromatic carbocycles. The summed E-state index contributed by atoms with van der Waals surface area (Å²) in [6.45, 7) is -0.278. The van der Waals surface area contributed by atoms with Gasteiger partial charge in [-0.1, -0.05) is 23.9 Å². The fourth-order valence-corrected chi connectivity index (χ4v) is 4.63. The van der Waals surface area contributed by atoms with Crippen molar-refractivity contribution in [2.24, 2.45) is 0 Å². The number of nitrogens with zero attached hydrogens (tertiary/aromatic N) is 2. The Balaban J connectivity index is 1.32. The largest absolute Gasteiger partial charge is 0.456 e. The van der Waals surface area contributed by atoms with Gasteiger partial charge in [0, 0.05) is 37.6 Å². The lowest BCUT2D eigenvalue weighted by molar-refractivity contribution is -0.147. The number of anilines is 2. The van der Waals surface area contributed by atoms with Crippen molar-refractivity contribution in [2.45, 2.75) is 17.2 Å². The maximum atomic E-state index is 11.9. The Bertz CT molecular complexity index is 938. The Kier molecular flexibility index (Phi) is 7.48. The number of hydrogen-bond acceptors (Lipinski definition) is 7. The van der Waals surface area contributed by atoms with Crippen LogP contribution in [0.1, 0.15) is 12.8 Å². The van der Waals surface area contributed by atoms with Crippen LogP contribution < -0.4 is 10.2 Å².